The lowest BCUT2D eigenvalue weighted by molar-refractivity contribution is -0.136. The fraction of sp³-hybridized carbons (Fsp3) is 0.529. The number of carbonyl (C=O) groups is 2. The van der Waals surface area contributed by atoms with Gasteiger partial charge in [0.25, 0.3) is 0 Å². The Labute approximate surface area is 125 Å². The van der Waals surface area contributed by atoms with E-state index in [-0.39, 0.29) is 17.8 Å². The summed E-state index contributed by atoms with van der Waals surface area (Å²) >= 11 is 0. The molecule has 1 aromatic rings. The number of ether oxygens (including phenoxy) is 1. The molecule has 0 aromatic heterocycles. The molecule has 0 radical (unpaired) electrons. The average molecular weight is 287 g/mol. The van der Waals surface area contributed by atoms with Crippen molar-refractivity contribution in [3.05, 3.63) is 29.8 Å². The quantitative estimate of drug-likeness (QED) is 0.631. The normalized spacial score (nSPS) is 18.4. The van der Waals surface area contributed by atoms with Crippen molar-refractivity contribution in [3.63, 3.8) is 0 Å². The topological polar surface area (TPSA) is 46.6 Å². The highest BCUT2D eigenvalue weighted by molar-refractivity contribution is 5.81. The Morgan fingerprint density at radius 3 is 2.52 bits per heavy atom. The molecule has 1 aromatic carbocycles. The fourth-order valence-corrected chi connectivity index (χ4v) is 2.68. The van der Waals surface area contributed by atoms with Crippen LogP contribution in [-0.2, 0) is 16.0 Å². The number of hydrogen-bond donors (Lipinski definition) is 0. The van der Waals surface area contributed by atoms with Crippen LogP contribution in [0.5, 0.6) is 5.75 Å². The average Bonchev–Trinajstić information content (AvgIpc) is 3.35. The van der Waals surface area contributed by atoms with Crippen molar-refractivity contribution in [2.75, 3.05) is 13.1 Å². The molecule has 1 aliphatic heterocycles. The molecule has 1 amide bonds. The van der Waals surface area contributed by atoms with Gasteiger partial charge in [-0.15, -0.1) is 0 Å². The molecule has 1 heterocycles. The summed E-state index contributed by atoms with van der Waals surface area (Å²) in [5, 5.41) is 0. The van der Waals surface area contributed by atoms with Crippen LogP contribution >= 0.6 is 0 Å². The summed E-state index contributed by atoms with van der Waals surface area (Å²) in [6, 6.07) is 7.37. The summed E-state index contributed by atoms with van der Waals surface area (Å²) in [7, 11) is 0. The van der Waals surface area contributed by atoms with Gasteiger partial charge in [0.05, 0.1) is 12.3 Å². The van der Waals surface area contributed by atoms with Gasteiger partial charge in [-0.25, -0.2) is 0 Å². The number of nitrogens with zero attached hydrogens (tertiary/aromatic N) is 1. The Bertz CT molecular complexity index is 531. The van der Waals surface area contributed by atoms with Crippen LogP contribution in [0.4, 0.5) is 0 Å². The first-order valence-corrected chi connectivity index (χ1v) is 7.81. The van der Waals surface area contributed by atoms with E-state index in [1.54, 1.807) is 6.07 Å². The minimum Gasteiger partial charge on any atom is -0.426 e. The van der Waals surface area contributed by atoms with Crippen LogP contribution in [0.2, 0.25) is 0 Å². The molecule has 0 bridgehead atoms. The first kappa shape index (κ1) is 14.1. The van der Waals surface area contributed by atoms with Gasteiger partial charge in [0, 0.05) is 18.7 Å². The van der Waals surface area contributed by atoms with Crippen molar-refractivity contribution >= 4 is 11.9 Å². The predicted molar refractivity (Wildman–Crippen MR) is 78.9 cm³/mol. The van der Waals surface area contributed by atoms with Gasteiger partial charge in [0.2, 0.25) is 5.91 Å². The molecule has 21 heavy (non-hydrogen) atoms. The summed E-state index contributed by atoms with van der Waals surface area (Å²) < 4.78 is 5.45. The standard InChI is InChI=1S/C17H21NO3/c19-16(18-10-4-1-5-11-18)12-14-6-2-3-7-15(14)21-17(20)13-8-9-13/h2-3,6-7,13H,1,4-5,8-12H2. The van der Waals surface area contributed by atoms with E-state index in [4.69, 9.17) is 4.74 Å². The molecule has 0 atom stereocenters. The molecule has 4 nitrogen and oxygen atoms in total. The smallest absolute Gasteiger partial charge is 0.314 e. The first-order valence-electron chi connectivity index (χ1n) is 7.81. The summed E-state index contributed by atoms with van der Waals surface area (Å²) in [6.07, 6.45) is 5.54. The van der Waals surface area contributed by atoms with Gasteiger partial charge in [-0.3, -0.25) is 9.59 Å². The third-order valence-electron chi connectivity index (χ3n) is 4.14. The number of para-hydroxylation sites is 1. The SMILES string of the molecule is O=C(Oc1ccccc1CC(=O)N1CCCCC1)C1CC1. The summed E-state index contributed by atoms with van der Waals surface area (Å²) in [5.74, 6) is 0.577. The van der Waals surface area contributed by atoms with Gasteiger partial charge in [0.15, 0.2) is 0 Å². The third kappa shape index (κ3) is 3.63. The van der Waals surface area contributed by atoms with E-state index in [1.807, 2.05) is 23.1 Å². The maximum absolute atomic E-state index is 12.3. The summed E-state index contributed by atoms with van der Waals surface area (Å²) in [6.45, 7) is 1.70. The Balaban J connectivity index is 1.66. The third-order valence-corrected chi connectivity index (χ3v) is 4.14. The van der Waals surface area contributed by atoms with Crippen LogP contribution < -0.4 is 4.74 Å². The molecule has 2 fully saturated rings. The van der Waals surface area contributed by atoms with Crippen LogP contribution in [0, 0.1) is 5.92 Å². The van der Waals surface area contributed by atoms with Gasteiger partial charge < -0.3 is 9.64 Å². The van der Waals surface area contributed by atoms with Gasteiger partial charge in [-0.1, -0.05) is 18.2 Å². The fourth-order valence-electron chi connectivity index (χ4n) is 2.68. The van der Waals surface area contributed by atoms with Crippen molar-refractivity contribution in [2.45, 2.75) is 38.5 Å². The Kier molecular flexibility index (Phi) is 4.23. The minimum absolute atomic E-state index is 0.0656. The lowest BCUT2D eigenvalue weighted by Gasteiger charge is -2.27. The summed E-state index contributed by atoms with van der Waals surface area (Å²) in [5.41, 5.74) is 0.807. The second-order valence-corrected chi connectivity index (χ2v) is 5.92. The maximum atomic E-state index is 12.3. The molecule has 0 spiro atoms. The van der Waals surface area contributed by atoms with Gasteiger partial charge in [0.1, 0.15) is 5.75 Å². The van der Waals surface area contributed by atoms with Gasteiger partial charge in [-0.2, -0.15) is 0 Å². The number of amides is 1. The number of esters is 1. The largest absolute Gasteiger partial charge is 0.426 e. The number of carbonyl (C=O) groups excluding carboxylic acids is 2. The zero-order valence-electron chi connectivity index (χ0n) is 12.2. The molecule has 4 heteroatoms. The number of hydrogen-bond acceptors (Lipinski definition) is 3. The van der Waals surface area contributed by atoms with Crippen molar-refractivity contribution in [3.8, 4) is 5.75 Å². The van der Waals surface area contributed by atoms with Crippen LogP contribution in [-0.4, -0.2) is 29.9 Å². The van der Waals surface area contributed by atoms with E-state index in [0.29, 0.717) is 12.2 Å². The number of likely N-dealkylation sites (tertiary alicyclic amines) is 1. The van der Waals surface area contributed by atoms with Crippen molar-refractivity contribution in [1.82, 2.24) is 4.90 Å². The van der Waals surface area contributed by atoms with Crippen LogP contribution in [0.25, 0.3) is 0 Å². The lowest BCUT2D eigenvalue weighted by atomic mass is 10.1. The number of benzene rings is 1. The number of piperidine rings is 1. The molecule has 2 aliphatic rings. The lowest BCUT2D eigenvalue weighted by Crippen LogP contribution is -2.36. The molecule has 1 saturated carbocycles. The highest BCUT2D eigenvalue weighted by atomic mass is 16.5. The van der Waals surface area contributed by atoms with Crippen molar-refractivity contribution in [1.29, 1.82) is 0 Å². The highest BCUT2D eigenvalue weighted by Gasteiger charge is 2.32. The van der Waals surface area contributed by atoms with Crippen molar-refractivity contribution < 1.29 is 14.3 Å². The van der Waals surface area contributed by atoms with E-state index < -0.39 is 0 Å². The van der Waals surface area contributed by atoms with Crippen LogP contribution in [0.1, 0.15) is 37.7 Å². The second kappa shape index (κ2) is 6.29. The van der Waals surface area contributed by atoms with E-state index in [1.165, 1.54) is 6.42 Å². The van der Waals surface area contributed by atoms with Crippen LogP contribution in [0.3, 0.4) is 0 Å². The predicted octanol–water partition coefficient (Wildman–Crippen LogP) is 2.56. The molecule has 3 rings (SSSR count). The molecule has 1 aliphatic carbocycles. The van der Waals surface area contributed by atoms with E-state index >= 15 is 0 Å². The monoisotopic (exact) mass is 287 g/mol. The Morgan fingerprint density at radius 1 is 1.10 bits per heavy atom. The van der Waals surface area contributed by atoms with E-state index in [2.05, 4.69) is 0 Å². The second-order valence-electron chi connectivity index (χ2n) is 5.92. The zero-order chi connectivity index (χ0) is 14.7. The van der Waals surface area contributed by atoms with Crippen molar-refractivity contribution in [2.24, 2.45) is 5.92 Å². The van der Waals surface area contributed by atoms with E-state index in [0.717, 1.165) is 44.3 Å². The molecule has 0 N–H and O–H groups in total. The molecule has 112 valence electrons. The Hall–Kier alpha value is -1.84. The van der Waals surface area contributed by atoms with E-state index in [9.17, 15) is 9.59 Å². The molecular formula is C17H21NO3. The zero-order valence-corrected chi connectivity index (χ0v) is 12.2. The van der Waals surface area contributed by atoms with Gasteiger partial charge >= 0.3 is 5.97 Å². The highest BCUT2D eigenvalue weighted by Crippen LogP contribution is 2.31. The van der Waals surface area contributed by atoms with Crippen LogP contribution in [0.15, 0.2) is 24.3 Å². The first-order chi connectivity index (χ1) is 10.2. The molecular weight excluding hydrogens is 266 g/mol. The molecule has 0 unspecified atom stereocenters. The van der Waals surface area contributed by atoms with Gasteiger partial charge in [-0.05, 0) is 38.2 Å². The Morgan fingerprint density at radius 2 is 1.81 bits per heavy atom. The molecule has 1 saturated heterocycles. The summed E-state index contributed by atoms with van der Waals surface area (Å²) in [4.78, 5) is 26.1. The maximum Gasteiger partial charge on any atom is 0.314 e. The number of rotatable bonds is 4. The minimum atomic E-state index is -0.159.